The second-order valence-electron chi connectivity index (χ2n) is 4.33. The number of hydrogen-bond acceptors (Lipinski definition) is 2. The molecule has 2 aliphatic rings. The summed E-state index contributed by atoms with van der Waals surface area (Å²) < 4.78 is 0. The quantitative estimate of drug-likeness (QED) is 0.662. The molecule has 0 spiro atoms. The van der Waals surface area contributed by atoms with Crippen molar-refractivity contribution in [2.75, 3.05) is 13.1 Å². The van der Waals surface area contributed by atoms with E-state index in [4.69, 9.17) is 0 Å². The van der Waals surface area contributed by atoms with Crippen LogP contribution in [0.2, 0.25) is 0 Å². The first-order valence-electron chi connectivity index (χ1n) is 5.25. The Labute approximate surface area is 79.3 Å². The maximum atomic E-state index is 11.5. The van der Waals surface area contributed by atoms with Crippen molar-refractivity contribution in [3.8, 4) is 0 Å². The van der Waals surface area contributed by atoms with Gasteiger partial charge in [-0.2, -0.15) is 0 Å². The van der Waals surface area contributed by atoms with Crippen molar-refractivity contribution in [1.29, 1.82) is 0 Å². The van der Waals surface area contributed by atoms with Gasteiger partial charge in [0.05, 0.1) is 0 Å². The lowest BCUT2D eigenvalue weighted by Gasteiger charge is -2.11. The lowest BCUT2D eigenvalue weighted by molar-refractivity contribution is -0.124. The first-order valence-corrected chi connectivity index (χ1v) is 5.25. The third-order valence-corrected chi connectivity index (χ3v) is 3.46. The van der Waals surface area contributed by atoms with Crippen molar-refractivity contribution >= 4 is 5.91 Å². The number of rotatable bonds is 3. The molecule has 2 N–H and O–H groups in total. The number of carbonyl (C=O) groups excluding carboxylic acids is 1. The number of piperidine rings is 1. The van der Waals surface area contributed by atoms with Crippen LogP contribution in [0.4, 0.5) is 0 Å². The van der Waals surface area contributed by atoms with Crippen molar-refractivity contribution in [1.82, 2.24) is 10.6 Å². The van der Waals surface area contributed by atoms with Crippen molar-refractivity contribution in [3.63, 3.8) is 0 Å². The van der Waals surface area contributed by atoms with E-state index in [0.29, 0.717) is 6.04 Å². The van der Waals surface area contributed by atoms with Crippen LogP contribution in [0.3, 0.4) is 0 Å². The number of amides is 1. The van der Waals surface area contributed by atoms with E-state index in [9.17, 15) is 4.79 Å². The molecule has 13 heavy (non-hydrogen) atoms. The van der Waals surface area contributed by atoms with Crippen molar-refractivity contribution in [2.24, 2.45) is 17.8 Å². The molecule has 2 rings (SSSR count). The van der Waals surface area contributed by atoms with Crippen LogP contribution in [-0.2, 0) is 4.79 Å². The first kappa shape index (κ1) is 9.00. The predicted molar refractivity (Wildman–Crippen MR) is 51.2 cm³/mol. The molecule has 0 bridgehead atoms. The van der Waals surface area contributed by atoms with Gasteiger partial charge in [-0.1, -0.05) is 13.8 Å². The van der Waals surface area contributed by atoms with Crippen LogP contribution >= 0.6 is 0 Å². The molecule has 4 atom stereocenters. The van der Waals surface area contributed by atoms with E-state index in [0.717, 1.165) is 31.3 Å². The third kappa shape index (κ3) is 1.57. The summed E-state index contributed by atoms with van der Waals surface area (Å²) in [6, 6.07) is 0.489. The van der Waals surface area contributed by atoms with Gasteiger partial charge in [0.2, 0.25) is 5.91 Å². The highest BCUT2D eigenvalue weighted by Crippen LogP contribution is 2.41. The summed E-state index contributed by atoms with van der Waals surface area (Å²) in [6.45, 7) is 6.23. The number of hydrogen-bond donors (Lipinski definition) is 2. The highest BCUT2D eigenvalue weighted by Gasteiger charge is 2.53. The second kappa shape index (κ2) is 3.29. The molecule has 1 saturated heterocycles. The summed E-state index contributed by atoms with van der Waals surface area (Å²) >= 11 is 0. The van der Waals surface area contributed by atoms with Crippen LogP contribution in [0.25, 0.3) is 0 Å². The molecule has 1 amide bonds. The fourth-order valence-electron chi connectivity index (χ4n) is 2.12. The first-order chi connectivity index (χ1) is 6.24. The smallest absolute Gasteiger partial charge is 0.223 e. The summed E-state index contributed by atoms with van der Waals surface area (Å²) in [7, 11) is 0. The van der Waals surface area contributed by atoms with E-state index in [-0.39, 0.29) is 11.8 Å². The molecule has 0 aromatic heterocycles. The van der Waals surface area contributed by atoms with E-state index in [1.807, 2.05) is 6.92 Å². The zero-order valence-corrected chi connectivity index (χ0v) is 8.34. The minimum Gasteiger partial charge on any atom is -0.352 e. The minimum absolute atomic E-state index is 0.175. The Morgan fingerprint density at radius 3 is 2.69 bits per heavy atom. The van der Waals surface area contributed by atoms with Crippen molar-refractivity contribution in [2.45, 2.75) is 26.3 Å². The van der Waals surface area contributed by atoms with Gasteiger partial charge in [-0.25, -0.2) is 0 Å². The molecule has 0 radical (unpaired) electrons. The Bertz CT molecular complexity index is 207. The highest BCUT2D eigenvalue weighted by atomic mass is 16.2. The summed E-state index contributed by atoms with van der Waals surface area (Å²) in [5, 5.41) is 6.44. The monoisotopic (exact) mass is 182 g/mol. The molecule has 0 aromatic carbocycles. The average molecular weight is 182 g/mol. The highest BCUT2D eigenvalue weighted by molar-refractivity contribution is 5.79. The van der Waals surface area contributed by atoms with E-state index in [1.165, 1.54) is 0 Å². The summed E-state index contributed by atoms with van der Waals surface area (Å²) in [5.74, 6) is 1.87. The summed E-state index contributed by atoms with van der Waals surface area (Å²) in [4.78, 5) is 11.5. The molecule has 2 fully saturated rings. The molecular formula is C10H18N2O. The van der Waals surface area contributed by atoms with Gasteiger partial charge in [-0.3, -0.25) is 4.79 Å². The van der Waals surface area contributed by atoms with Gasteiger partial charge in [-0.15, -0.1) is 0 Å². The zero-order chi connectivity index (χ0) is 9.42. The van der Waals surface area contributed by atoms with Crippen LogP contribution in [0, 0.1) is 17.8 Å². The molecule has 1 saturated carbocycles. The normalized spacial score (nSPS) is 38.2. The molecule has 0 aromatic rings. The average Bonchev–Trinajstić information content (AvgIpc) is 2.63. The lowest BCUT2D eigenvalue weighted by Crippen LogP contribution is -2.35. The van der Waals surface area contributed by atoms with Gasteiger partial charge in [0.25, 0.3) is 0 Å². The maximum absolute atomic E-state index is 11.5. The van der Waals surface area contributed by atoms with Crippen molar-refractivity contribution < 1.29 is 4.79 Å². The number of fused-ring (bicyclic) bond motifs is 1. The molecule has 1 aliphatic carbocycles. The van der Waals surface area contributed by atoms with E-state index < -0.39 is 0 Å². The Hall–Kier alpha value is -0.570. The molecule has 2 unspecified atom stereocenters. The fraction of sp³-hybridized carbons (Fsp3) is 0.900. The van der Waals surface area contributed by atoms with E-state index in [2.05, 4.69) is 17.6 Å². The fourth-order valence-corrected chi connectivity index (χ4v) is 2.12. The standard InChI is InChI=1S/C10H18N2O/c1-3-6(2)10(13)12-9-7-4-11-5-8(7)9/h6-9,11H,3-5H2,1-2H3,(H,12,13)/t6?,7-,8+,9?. The maximum Gasteiger partial charge on any atom is 0.223 e. The Morgan fingerprint density at radius 2 is 2.15 bits per heavy atom. The molecule has 3 nitrogen and oxygen atoms in total. The van der Waals surface area contributed by atoms with Gasteiger partial charge >= 0.3 is 0 Å². The SMILES string of the molecule is CCC(C)C(=O)NC1[C@H]2CNC[C@@H]12. The van der Waals surface area contributed by atoms with Crippen LogP contribution in [0.15, 0.2) is 0 Å². The summed E-state index contributed by atoms with van der Waals surface area (Å²) in [5.41, 5.74) is 0. The van der Waals surface area contributed by atoms with Gasteiger partial charge in [0.1, 0.15) is 0 Å². The Kier molecular flexibility index (Phi) is 2.28. The van der Waals surface area contributed by atoms with Crippen LogP contribution in [0.1, 0.15) is 20.3 Å². The predicted octanol–water partition coefficient (Wildman–Crippen LogP) is 0.366. The largest absolute Gasteiger partial charge is 0.352 e. The van der Waals surface area contributed by atoms with Gasteiger partial charge in [0, 0.05) is 25.0 Å². The van der Waals surface area contributed by atoms with Crippen molar-refractivity contribution in [3.05, 3.63) is 0 Å². The minimum atomic E-state index is 0.175. The van der Waals surface area contributed by atoms with Crippen LogP contribution < -0.4 is 10.6 Å². The molecule has 1 aliphatic heterocycles. The Balaban J connectivity index is 1.77. The molecular weight excluding hydrogens is 164 g/mol. The summed E-state index contributed by atoms with van der Waals surface area (Å²) in [6.07, 6.45) is 0.937. The second-order valence-corrected chi connectivity index (χ2v) is 4.33. The van der Waals surface area contributed by atoms with E-state index in [1.54, 1.807) is 0 Å². The lowest BCUT2D eigenvalue weighted by atomic mass is 10.1. The molecule has 3 heteroatoms. The van der Waals surface area contributed by atoms with E-state index >= 15 is 0 Å². The zero-order valence-electron chi connectivity index (χ0n) is 8.34. The van der Waals surface area contributed by atoms with Gasteiger partial charge in [0.15, 0.2) is 0 Å². The van der Waals surface area contributed by atoms with Gasteiger partial charge in [-0.05, 0) is 18.3 Å². The van der Waals surface area contributed by atoms with Crippen LogP contribution in [0.5, 0.6) is 0 Å². The van der Waals surface area contributed by atoms with Crippen LogP contribution in [-0.4, -0.2) is 25.0 Å². The molecule has 1 heterocycles. The molecule has 74 valence electrons. The topological polar surface area (TPSA) is 41.1 Å². The number of nitrogens with one attached hydrogen (secondary N) is 2. The number of carbonyl (C=O) groups is 1. The van der Waals surface area contributed by atoms with Gasteiger partial charge < -0.3 is 10.6 Å². The Morgan fingerprint density at radius 1 is 1.54 bits per heavy atom. The third-order valence-electron chi connectivity index (χ3n) is 3.46.